The molecule has 0 amide bonds. The maximum atomic E-state index is 9.33. The average Bonchev–Trinajstić information content (AvgIpc) is 2.38. The predicted octanol–water partition coefficient (Wildman–Crippen LogP) is 3.49. The fourth-order valence-corrected chi connectivity index (χ4v) is 2.58. The zero-order chi connectivity index (χ0) is 15.2. The van der Waals surface area contributed by atoms with E-state index >= 15 is 0 Å². The smallest absolute Gasteiger partial charge is 0.104 e. The van der Waals surface area contributed by atoms with Gasteiger partial charge in [0.2, 0.25) is 0 Å². The van der Waals surface area contributed by atoms with Crippen molar-refractivity contribution in [1.82, 2.24) is 5.32 Å². The Balaban J connectivity index is 2.52. The number of aryl methyl sites for hydroxylation is 1. The Bertz CT molecular complexity index is 462. The molecule has 0 heterocycles. The van der Waals surface area contributed by atoms with E-state index < -0.39 is 5.54 Å². The van der Waals surface area contributed by atoms with Crippen LogP contribution in [0, 0.1) is 18.3 Å². The molecular weight excluding hydrogens is 246 g/mol. The summed E-state index contributed by atoms with van der Waals surface area (Å²) in [5.74, 6) is 0. The van der Waals surface area contributed by atoms with E-state index in [9.17, 15) is 5.26 Å². The summed E-state index contributed by atoms with van der Waals surface area (Å²) >= 11 is 0. The van der Waals surface area contributed by atoms with E-state index in [-0.39, 0.29) is 0 Å². The summed E-state index contributed by atoms with van der Waals surface area (Å²) in [6.07, 6.45) is 1.85. The lowest BCUT2D eigenvalue weighted by Gasteiger charge is -2.27. The summed E-state index contributed by atoms with van der Waals surface area (Å²) in [6, 6.07) is 11.1. The van der Waals surface area contributed by atoms with Gasteiger partial charge in [0.15, 0.2) is 0 Å². The maximum Gasteiger partial charge on any atom is 0.104 e. The topological polar surface area (TPSA) is 39.1 Å². The van der Waals surface area contributed by atoms with Crippen LogP contribution in [0.3, 0.4) is 0 Å². The molecule has 0 aliphatic rings. The van der Waals surface area contributed by atoms with E-state index in [4.69, 9.17) is 0 Å². The fraction of sp³-hybridized carbons (Fsp3) is 0.588. The number of anilines is 1. The Morgan fingerprint density at radius 2 is 2.00 bits per heavy atom. The molecule has 0 saturated heterocycles. The number of rotatable bonds is 7. The van der Waals surface area contributed by atoms with Gasteiger partial charge in [0.25, 0.3) is 0 Å². The van der Waals surface area contributed by atoms with Crippen LogP contribution in [-0.4, -0.2) is 25.2 Å². The van der Waals surface area contributed by atoms with E-state index in [2.05, 4.69) is 68.4 Å². The Labute approximate surface area is 123 Å². The monoisotopic (exact) mass is 273 g/mol. The van der Waals surface area contributed by atoms with Crippen LogP contribution in [0.25, 0.3) is 0 Å². The quantitative estimate of drug-likeness (QED) is 0.826. The highest BCUT2D eigenvalue weighted by molar-refractivity contribution is 5.52. The van der Waals surface area contributed by atoms with Gasteiger partial charge in [-0.05, 0) is 52.2 Å². The molecule has 1 N–H and O–H groups in total. The van der Waals surface area contributed by atoms with E-state index in [1.165, 1.54) is 11.3 Å². The maximum absolute atomic E-state index is 9.33. The molecule has 110 valence electrons. The van der Waals surface area contributed by atoms with Gasteiger partial charge in [-0.3, -0.25) is 5.32 Å². The molecule has 1 rings (SSSR count). The number of benzene rings is 1. The first kappa shape index (κ1) is 16.5. The highest BCUT2D eigenvalue weighted by Crippen LogP contribution is 2.19. The molecule has 3 heteroatoms. The SMILES string of the molecule is Cc1ccccc1N(C)CCCC(C)(C#N)NC(C)C. The summed E-state index contributed by atoms with van der Waals surface area (Å²) in [5, 5.41) is 12.7. The third-order valence-corrected chi connectivity index (χ3v) is 3.55. The van der Waals surface area contributed by atoms with Crippen molar-refractivity contribution in [3.8, 4) is 6.07 Å². The normalized spacial score (nSPS) is 13.8. The number of nitriles is 1. The number of para-hydroxylation sites is 1. The molecule has 1 aromatic carbocycles. The molecule has 1 unspecified atom stereocenters. The van der Waals surface area contributed by atoms with Gasteiger partial charge in [-0.15, -0.1) is 0 Å². The van der Waals surface area contributed by atoms with Crippen LogP contribution < -0.4 is 10.2 Å². The summed E-state index contributed by atoms with van der Waals surface area (Å²) in [6.45, 7) is 9.23. The predicted molar refractivity (Wildman–Crippen MR) is 86.0 cm³/mol. The molecule has 3 nitrogen and oxygen atoms in total. The van der Waals surface area contributed by atoms with Crippen molar-refractivity contribution in [3.05, 3.63) is 29.8 Å². The Morgan fingerprint density at radius 3 is 2.55 bits per heavy atom. The summed E-state index contributed by atoms with van der Waals surface area (Å²) < 4.78 is 0. The van der Waals surface area contributed by atoms with Gasteiger partial charge in [0, 0.05) is 25.3 Å². The van der Waals surface area contributed by atoms with Crippen molar-refractivity contribution >= 4 is 5.69 Å². The van der Waals surface area contributed by atoms with E-state index in [1.807, 2.05) is 6.92 Å². The van der Waals surface area contributed by atoms with Crippen LogP contribution in [0.15, 0.2) is 24.3 Å². The molecule has 0 radical (unpaired) electrons. The number of hydrogen-bond donors (Lipinski definition) is 1. The van der Waals surface area contributed by atoms with Crippen molar-refractivity contribution in [2.45, 2.75) is 52.1 Å². The molecule has 0 aromatic heterocycles. The van der Waals surface area contributed by atoms with Gasteiger partial charge in [-0.25, -0.2) is 0 Å². The van der Waals surface area contributed by atoms with Gasteiger partial charge in [0.1, 0.15) is 5.54 Å². The van der Waals surface area contributed by atoms with Gasteiger partial charge >= 0.3 is 0 Å². The Kier molecular flexibility index (Phi) is 6.04. The molecular formula is C17H27N3. The largest absolute Gasteiger partial charge is 0.374 e. The third-order valence-electron chi connectivity index (χ3n) is 3.55. The van der Waals surface area contributed by atoms with E-state index in [0.29, 0.717) is 6.04 Å². The molecule has 0 aliphatic heterocycles. The lowest BCUT2D eigenvalue weighted by Crippen LogP contribution is -2.45. The van der Waals surface area contributed by atoms with Crippen LogP contribution >= 0.6 is 0 Å². The molecule has 20 heavy (non-hydrogen) atoms. The fourth-order valence-electron chi connectivity index (χ4n) is 2.58. The second-order valence-electron chi connectivity index (χ2n) is 6.05. The lowest BCUT2D eigenvalue weighted by molar-refractivity contribution is 0.375. The summed E-state index contributed by atoms with van der Waals surface area (Å²) in [4.78, 5) is 2.27. The first-order chi connectivity index (χ1) is 9.38. The van der Waals surface area contributed by atoms with Crippen molar-refractivity contribution in [2.24, 2.45) is 0 Å². The summed E-state index contributed by atoms with van der Waals surface area (Å²) in [7, 11) is 2.11. The minimum Gasteiger partial charge on any atom is -0.374 e. The Hall–Kier alpha value is -1.53. The van der Waals surface area contributed by atoms with Crippen molar-refractivity contribution in [2.75, 3.05) is 18.5 Å². The lowest BCUT2D eigenvalue weighted by atomic mass is 9.96. The van der Waals surface area contributed by atoms with Crippen LogP contribution in [0.4, 0.5) is 5.69 Å². The molecule has 0 aliphatic carbocycles. The standard InChI is InChI=1S/C17H27N3/c1-14(2)19-17(4,13-18)11-8-12-20(5)16-10-7-6-9-15(16)3/h6-7,9-10,14,19H,8,11-12H2,1-5H3. The third kappa shape index (κ3) is 4.86. The van der Waals surface area contributed by atoms with Gasteiger partial charge in [0.05, 0.1) is 6.07 Å². The molecule has 1 atom stereocenters. The highest BCUT2D eigenvalue weighted by Gasteiger charge is 2.23. The van der Waals surface area contributed by atoms with E-state index in [0.717, 1.165) is 19.4 Å². The zero-order valence-corrected chi connectivity index (χ0v) is 13.4. The van der Waals surface area contributed by atoms with Crippen LogP contribution in [0.1, 0.15) is 39.2 Å². The number of nitrogens with zero attached hydrogens (tertiary/aromatic N) is 2. The number of nitrogens with one attached hydrogen (secondary N) is 1. The van der Waals surface area contributed by atoms with Gasteiger partial charge in [-0.1, -0.05) is 18.2 Å². The zero-order valence-electron chi connectivity index (χ0n) is 13.4. The van der Waals surface area contributed by atoms with Crippen molar-refractivity contribution < 1.29 is 0 Å². The van der Waals surface area contributed by atoms with Crippen LogP contribution in [0.2, 0.25) is 0 Å². The molecule has 0 saturated carbocycles. The first-order valence-corrected chi connectivity index (χ1v) is 7.33. The summed E-state index contributed by atoms with van der Waals surface area (Å²) in [5.41, 5.74) is 2.13. The van der Waals surface area contributed by atoms with E-state index in [1.54, 1.807) is 0 Å². The number of hydrogen-bond acceptors (Lipinski definition) is 3. The minimum atomic E-state index is -0.430. The molecule has 1 aromatic rings. The van der Waals surface area contributed by atoms with Crippen LogP contribution in [-0.2, 0) is 0 Å². The first-order valence-electron chi connectivity index (χ1n) is 7.33. The average molecular weight is 273 g/mol. The molecule has 0 spiro atoms. The molecule has 0 fully saturated rings. The molecule has 0 bridgehead atoms. The van der Waals surface area contributed by atoms with Crippen LogP contribution in [0.5, 0.6) is 0 Å². The van der Waals surface area contributed by atoms with Crippen molar-refractivity contribution in [3.63, 3.8) is 0 Å². The van der Waals surface area contributed by atoms with Gasteiger partial charge < -0.3 is 4.90 Å². The van der Waals surface area contributed by atoms with Crippen molar-refractivity contribution in [1.29, 1.82) is 5.26 Å². The Morgan fingerprint density at radius 1 is 1.35 bits per heavy atom. The second-order valence-corrected chi connectivity index (χ2v) is 6.05. The highest BCUT2D eigenvalue weighted by atomic mass is 15.1. The second kappa shape index (κ2) is 7.31. The van der Waals surface area contributed by atoms with Gasteiger partial charge in [-0.2, -0.15) is 5.26 Å². The minimum absolute atomic E-state index is 0.328.